The second-order valence-electron chi connectivity index (χ2n) is 6.36. The van der Waals surface area contributed by atoms with Crippen molar-refractivity contribution in [3.63, 3.8) is 0 Å². The van der Waals surface area contributed by atoms with Gasteiger partial charge in [-0.2, -0.15) is 0 Å². The van der Waals surface area contributed by atoms with Crippen LogP contribution in [-0.4, -0.2) is 23.9 Å². The number of hydrogen-bond acceptors (Lipinski definition) is 4. The van der Waals surface area contributed by atoms with Crippen molar-refractivity contribution in [1.82, 2.24) is 10.3 Å². The molecule has 1 aromatic heterocycles. The van der Waals surface area contributed by atoms with Crippen molar-refractivity contribution in [2.24, 2.45) is 0 Å². The molecule has 0 aliphatic rings. The Morgan fingerprint density at radius 1 is 1.07 bits per heavy atom. The summed E-state index contributed by atoms with van der Waals surface area (Å²) in [5, 5.41) is 5.38. The number of benzene rings is 2. The zero-order valence-corrected chi connectivity index (χ0v) is 16.0. The van der Waals surface area contributed by atoms with Gasteiger partial charge in [0.2, 0.25) is 0 Å². The number of ether oxygens (including phenoxy) is 1. The fraction of sp³-hybridized carbons (Fsp3) is 0.136. The van der Waals surface area contributed by atoms with E-state index < -0.39 is 17.6 Å². The molecule has 2 amide bonds. The van der Waals surface area contributed by atoms with E-state index in [1.165, 1.54) is 31.5 Å². The molecule has 0 saturated carbocycles. The van der Waals surface area contributed by atoms with Gasteiger partial charge in [0.05, 0.1) is 12.8 Å². The highest BCUT2D eigenvalue weighted by molar-refractivity contribution is 6.06. The van der Waals surface area contributed by atoms with Crippen LogP contribution in [-0.2, 0) is 6.54 Å². The number of aryl methyl sites for hydroxylation is 1. The number of amides is 2. The summed E-state index contributed by atoms with van der Waals surface area (Å²) in [4.78, 5) is 29.0. The molecule has 0 aliphatic carbocycles. The summed E-state index contributed by atoms with van der Waals surface area (Å²) < 4.78 is 18.9. The number of carbonyl (C=O) groups excluding carboxylic acids is 2. The number of nitrogens with zero attached hydrogens (tertiary/aromatic N) is 1. The summed E-state index contributed by atoms with van der Waals surface area (Å²) in [5.74, 6) is -0.780. The van der Waals surface area contributed by atoms with Crippen molar-refractivity contribution < 1.29 is 18.7 Å². The van der Waals surface area contributed by atoms with Gasteiger partial charge in [-0.1, -0.05) is 24.3 Å². The van der Waals surface area contributed by atoms with E-state index in [0.29, 0.717) is 17.0 Å². The van der Waals surface area contributed by atoms with Gasteiger partial charge in [0.15, 0.2) is 0 Å². The summed E-state index contributed by atoms with van der Waals surface area (Å²) in [7, 11) is 1.52. The maximum Gasteiger partial charge on any atom is 0.270 e. The number of nitrogens with one attached hydrogen (secondary N) is 2. The lowest BCUT2D eigenvalue weighted by molar-refractivity contribution is 0.0945. The first-order valence-corrected chi connectivity index (χ1v) is 8.91. The SMILES string of the molecule is COc1ccc(C)cc1NC(=O)c1ccnc(C(=O)NCc2ccccc2F)c1. The number of rotatable bonds is 6. The lowest BCUT2D eigenvalue weighted by Crippen LogP contribution is -2.25. The number of anilines is 1. The molecule has 0 unspecified atom stereocenters. The lowest BCUT2D eigenvalue weighted by Gasteiger charge is -2.11. The highest BCUT2D eigenvalue weighted by Crippen LogP contribution is 2.25. The first-order valence-electron chi connectivity index (χ1n) is 8.91. The Balaban J connectivity index is 1.72. The second kappa shape index (κ2) is 8.97. The van der Waals surface area contributed by atoms with Crippen molar-refractivity contribution in [2.45, 2.75) is 13.5 Å². The van der Waals surface area contributed by atoms with E-state index in [0.717, 1.165) is 5.56 Å². The molecule has 0 atom stereocenters. The molecule has 29 heavy (non-hydrogen) atoms. The first kappa shape index (κ1) is 20.0. The van der Waals surface area contributed by atoms with Gasteiger partial charge in [-0.3, -0.25) is 14.6 Å². The predicted octanol–water partition coefficient (Wildman–Crippen LogP) is 3.72. The summed E-state index contributed by atoms with van der Waals surface area (Å²) in [6.45, 7) is 1.92. The van der Waals surface area contributed by atoms with Gasteiger partial charge in [-0.05, 0) is 42.8 Å². The molecular formula is C22H20FN3O3. The summed E-state index contributed by atoms with van der Waals surface area (Å²) in [5.41, 5.74) is 2.18. The third-order valence-corrected chi connectivity index (χ3v) is 4.26. The van der Waals surface area contributed by atoms with E-state index in [4.69, 9.17) is 4.74 Å². The molecule has 2 aromatic carbocycles. The molecule has 3 aromatic rings. The van der Waals surface area contributed by atoms with Crippen molar-refractivity contribution in [1.29, 1.82) is 0 Å². The maximum absolute atomic E-state index is 13.7. The largest absolute Gasteiger partial charge is 0.495 e. The average Bonchev–Trinajstić information content (AvgIpc) is 2.73. The Hall–Kier alpha value is -3.74. The van der Waals surface area contributed by atoms with Crippen LogP contribution in [0.25, 0.3) is 0 Å². The third kappa shape index (κ3) is 4.95. The zero-order chi connectivity index (χ0) is 20.8. The molecule has 0 fully saturated rings. The van der Waals surface area contributed by atoms with E-state index >= 15 is 0 Å². The third-order valence-electron chi connectivity index (χ3n) is 4.26. The quantitative estimate of drug-likeness (QED) is 0.669. The number of carbonyl (C=O) groups is 2. The van der Waals surface area contributed by atoms with Crippen LogP contribution in [0.4, 0.5) is 10.1 Å². The van der Waals surface area contributed by atoms with E-state index in [1.54, 1.807) is 30.3 Å². The van der Waals surface area contributed by atoms with Gasteiger partial charge in [0.1, 0.15) is 17.3 Å². The summed E-state index contributed by atoms with van der Waals surface area (Å²) in [6, 6.07) is 14.5. The van der Waals surface area contributed by atoms with Crippen LogP contribution < -0.4 is 15.4 Å². The second-order valence-corrected chi connectivity index (χ2v) is 6.36. The first-order chi connectivity index (χ1) is 14.0. The van der Waals surface area contributed by atoms with E-state index in [-0.39, 0.29) is 17.8 Å². The smallest absolute Gasteiger partial charge is 0.270 e. The number of methoxy groups -OCH3 is 1. The molecule has 7 heteroatoms. The van der Waals surface area contributed by atoms with E-state index in [1.807, 2.05) is 13.0 Å². The Morgan fingerprint density at radius 3 is 2.62 bits per heavy atom. The zero-order valence-electron chi connectivity index (χ0n) is 16.0. The van der Waals surface area contributed by atoms with Gasteiger partial charge in [-0.25, -0.2) is 4.39 Å². The molecule has 1 heterocycles. The van der Waals surface area contributed by atoms with Crippen LogP contribution in [0.3, 0.4) is 0 Å². The molecule has 148 valence electrons. The van der Waals surface area contributed by atoms with Crippen molar-refractivity contribution in [3.8, 4) is 5.75 Å². The monoisotopic (exact) mass is 393 g/mol. The fourth-order valence-electron chi connectivity index (χ4n) is 2.72. The summed E-state index contributed by atoms with van der Waals surface area (Å²) >= 11 is 0. The molecule has 3 rings (SSSR count). The van der Waals surface area contributed by atoms with Gasteiger partial charge in [0, 0.05) is 23.9 Å². The van der Waals surface area contributed by atoms with Crippen LogP contribution >= 0.6 is 0 Å². The van der Waals surface area contributed by atoms with Crippen LogP contribution in [0.5, 0.6) is 5.75 Å². The van der Waals surface area contributed by atoms with E-state index in [2.05, 4.69) is 15.6 Å². The molecular weight excluding hydrogens is 373 g/mol. The molecule has 6 nitrogen and oxygen atoms in total. The van der Waals surface area contributed by atoms with Crippen LogP contribution in [0.15, 0.2) is 60.8 Å². The molecule has 0 saturated heterocycles. The normalized spacial score (nSPS) is 10.3. The van der Waals surface area contributed by atoms with Gasteiger partial charge in [-0.15, -0.1) is 0 Å². The van der Waals surface area contributed by atoms with Crippen molar-refractivity contribution in [3.05, 3.63) is 89.0 Å². The highest BCUT2D eigenvalue weighted by Gasteiger charge is 2.14. The van der Waals surface area contributed by atoms with E-state index in [9.17, 15) is 14.0 Å². The number of pyridine rings is 1. The Morgan fingerprint density at radius 2 is 1.86 bits per heavy atom. The molecule has 2 N–H and O–H groups in total. The van der Waals surface area contributed by atoms with Crippen LogP contribution in [0, 0.1) is 12.7 Å². The predicted molar refractivity (Wildman–Crippen MR) is 107 cm³/mol. The van der Waals surface area contributed by atoms with Gasteiger partial charge in [0.25, 0.3) is 11.8 Å². The molecule has 0 radical (unpaired) electrons. The molecule has 0 spiro atoms. The minimum absolute atomic E-state index is 0.0180. The number of aromatic nitrogens is 1. The van der Waals surface area contributed by atoms with Gasteiger partial charge >= 0.3 is 0 Å². The fourth-order valence-corrected chi connectivity index (χ4v) is 2.72. The minimum atomic E-state index is -0.504. The van der Waals surface area contributed by atoms with Crippen molar-refractivity contribution >= 4 is 17.5 Å². The van der Waals surface area contributed by atoms with Gasteiger partial charge < -0.3 is 15.4 Å². The highest BCUT2D eigenvalue weighted by atomic mass is 19.1. The Bertz CT molecular complexity index is 1050. The number of halogens is 1. The molecule has 0 aliphatic heterocycles. The van der Waals surface area contributed by atoms with Crippen LogP contribution in [0.1, 0.15) is 32.0 Å². The number of hydrogen-bond donors (Lipinski definition) is 2. The standard InChI is InChI=1S/C22H20FN3O3/c1-14-7-8-20(29-2)18(11-14)26-21(27)15-9-10-24-19(12-15)22(28)25-13-16-5-3-4-6-17(16)23/h3-12H,13H2,1-2H3,(H,25,28)(H,26,27). The molecule has 0 bridgehead atoms. The minimum Gasteiger partial charge on any atom is -0.495 e. The Kier molecular flexibility index (Phi) is 6.19. The summed E-state index contributed by atoms with van der Waals surface area (Å²) in [6.07, 6.45) is 1.38. The average molecular weight is 393 g/mol. The van der Waals surface area contributed by atoms with Crippen LogP contribution in [0.2, 0.25) is 0 Å². The Labute approximate surface area is 167 Å². The van der Waals surface area contributed by atoms with Crippen molar-refractivity contribution in [2.75, 3.05) is 12.4 Å². The topological polar surface area (TPSA) is 80.3 Å². The lowest BCUT2D eigenvalue weighted by atomic mass is 10.1. The maximum atomic E-state index is 13.7.